The van der Waals surface area contributed by atoms with E-state index >= 15 is 0 Å². The van der Waals surface area contributed by atoms with E-state index in [9.17, 15) is 5.11 Å². The van der Waals surface area contributed by atoms with Crippen LogP contribution in [-0.4, -0.2) is 23.4 Å². The molecule has 0 unspecified atom stereocenters. The Balaban J connectivity index is 2.13. The summed E-state index contributed by atoms with van der Waals surface area (Å²) in [6.45, 7) is 0.389. The molecule has 17 heavy (non-hydrogen) atoms. The lowest BCUT2D eigenvalue weighted by atomic mass is 9.86. The minimum absolute atomic E-state index is 0.179. The van der Waals surface area contributed by atoms with Gasteiger partial charge in [-0.1, -0.05) is 18.2 Å². The summed E-state index contributed by atoms with van der Waals surface area (Å²) in [4.78, 5) is 0. The molecule has 1 aliphatic carbocycles. The lowest BCUT2D eigenvalue weighted by Crippen LogP contribution is -2.08. The number of hydrogen-bond donors (Lipinski definition) is 2. The molecule has 0 saturated carbocycles. The van der Waals surface area contributed by atoms with Crippen LogP contribution in [-0.2, 0) is 12.8 Å². The Labute approximate surface area is 103 Å². The van der Waals surface area contributed by atoms with Gasteiger partial charge in [0.05, 0.1) is 0 Å². The summed E-state index contributed by atoms with van der Waals surface area (Å²) in [6.07, 6.45) is 6.61. The zero-order valence-corrected chi connectivity index (χ0v) is 10.4. The molecule has 94 valence electrons. The molecule has 1 aromatic carbocycles. The van der Waals surface area contributed by atoms with E-state index < -0.39 is 0 Å². The third kappa shape index (κ3) is 3.08. The maximum absolute atomic E-state index is 9.43. The van der Waals surface area contributed by atoms with Crippen molar-refractivity contribution in [3.05, 3.63) is 34.9 Å². The molecule has 1 atom stereocenters. The molecular weight excluding hydrogens is 212 g/mol. The van der Waals surface area contributed by atoms with Crippen LogP contribution < -0.4 is 0 Å². The van der Waals surface area contributed by atoms with Crippen LogP contribution in [0.5, 0.6) is 0 Å². The maximum atomic E-state index is 9.43. The lowest BCUT2D eigenvalue weighted by Gasteiger charge is -2.20. The van der Waals surface area contributed by atoms with E-state index in [-0.39, 0.29) is 19.1 Å². The van der Waals surface area contributed by atoms with E-state index in [4.69, 9.17) is 5.11 Å². The van der Waals surface area contributed by atoms with Crippen LogP contribution in [0.3, 0.4) is 0 Å². The van der Waals surface area contributed by atoms with Gasteiger partial charge in [-0.25, -0.2) is 0 Å². The van der Waals surface area contributed by atoms with Gasteiger partial charge in [0.1, 0.15) is 0 Å². The Bertz CT molecular complexity index is 360. The molecule has 2 nitrogen and oxygen atoms in total. The van der Waals surface area contributed by atoms with E-state index in [1.54, 1.807) is 0 Å². The van der Waals surface area contributed by atoms with Gasteiger partial charge in [0, 0.05) is 19.1 Å². The summed E-state index contributed by atoms with van der Waals surface area (Å²) in [7, 11) is 0. The molecule has 0 aromatic heterocycles. The highest BCUT2D eigenvalue weighted by molar-refractivity contribution is 5.35. The van der Waals surface area contributed by atoms with Gasteiger partial charge in [0.2, 0.25) is 0 Å². The van der Waals surface area contributed by atoms with Gasteiger partial charge >= 0.3 is 0 Å². The largest absolute Gasteiger partial charge is 0.396 e. The molecule has 0 saturated heterocycles. The fraction of sp³-hybridized carbons (Fsp3) is 0.600. The molecule has 0 bridgehead atoms. The van der Waals surface area contributed by atoms with E-state index in [0.29, 0.717) is 0 Å². The number of rotatable bonds is 5. The normalized spacial score (nSPS) is 16.6. The zero-order valence-electron chi connectivity index (χ0n) is 10.4. The first-order valence-electron chi connectivity index (χ1n) is 6.68. The van der Waals surface area contributed by atoms with Crippen LogP contribution >= 0.6 is 0 Å². The molecule has 1 aromatic rings. The number of fused-ring (bicyclic) bond motifs is 1. The predicted molar refractivity (Wildman–Crippen MR) is 69.2 cm³/mol. The molecule has 0 radical (unpaired) electrons. The number of aryl methyl sites for hydroxylation is 2. The Hall–Kier alpha value is -0.860. The molecule has 0 spiro atoms. The van der Waals surface area contributed by atoms with Crippen molar-refractivity contribution in [1.29, 1.82) is 0 Å². The van der Waals surface area contributed by atoms with Gasteiger partial charge in [0.15, 0.2) is 0 Å². The third-order valence-electron chi connectivity index (χ3n) is 3.78. The van der Waals surface area contributed by atoms with Crippen molar-refractivity contribution in [1.82, 2.24) is 0 Å². The zero-order chi connectivity index (χ0) is 12.1. The highest BCUT2D eigenvalue weighted by Crippen LogP contribution is 2.27. The molecule has 0 aliphatic heterocycles. The van der Waals surface area contributed by atoms with Crippen LogP contribution in [0.4, 0.5) is 0 Å². The first-order valence-corrected chi connectivity index (χ1v) is 6.68. The topological polar surface area (TPSA) is 40.5 Å². The van der Waals surface area contributed by atoms with Gasteiger partial charge in [-0.15, -0.1) is 0 Å². The van der Waals surface area contributed by atoms with Crippen LogP contribution in [0, 0.1) is 0 Å². The van der Waals surface area contributed by atoms with Crippen LogP contribution in [0.1, 0.15) is 48.3 Å². The highest BCUT2D eigenvalue weighted by atomic mass is 16.3. The minimum Gasteiger partial charge on any atom is -0.396 e. The second kappa shape index (κ2) is 6.18. The fourth-order valence-corrected chi connectivity index (χ4v) is 2.71. The van der Waals surface area contributed by atoms with Crippen LogP contribution in [0.2, 0.25) is 0 Å². The average Bonchev–Trinajstić information content (AvgIpc) is 2.39. The highest BCUT2D eigenvalue weighted by Gasteiger charge is 2.14. The summed E-state index contributed by atoms with van der Waals surface area (Å²) in [5.74, 6) is 0.189. The molecule has 2 rings (SSSR count). The van der Waals surface area contributed by atoms with Crippen LogP contribution in [0.25, 0.3) is 0 Å². The van der Waals surface area contributed by atoms with Crippen molar-refractivity contribution in [3.8, 4) is 0 Å². The summed E-state index contributed by atoms with van der Waals surface area (Å²) in [6, 6.07) is 6.65. The second-order valence-electron chi connectivity index (χ2n) is 4.98. The van der Waals surface area contributed by atoms with Gasteiger partial charge in [0.25, 0.3) is 0 Å². The monoisotopic (exact) mass is 234 g/mol. The van der Waals surface area contributed by atoms with Crippen molar-refractivity contribution in [2.45, 2.75) is 44.4 Å². The molecular formula is C15H22O2. The van der Waals surface area contributed by atoms with Crippen molar-refractivity contribution >= 4 is 0 Å². The first kappa shape index (κ1) is 12.6. The Morgan fingerprint density at radius 2 is 1.82 bits per heavy atom. The minimum atomic E-state index is 0.179. The van der Waals surface area contributed by atoms with E-state index in [0.717, 1.165) is 12.8 Å². The second-order valence-corrected chi connectivity index (χ2v) is 4.98. The van der Waals surface area contributed by atoms with Crippen molar-refractivity contribution in [2.24, 2.45) is 0 Å². The number of hydrogen-bond acceptors (Lipinski definition) is 2. The van der Waals surface area contributed by atoms with Gasteiger partial charge < -0.3 is 10.2 Å². The van der Waals surface area contributed by atoms with E-state index in [1.165, 1.54) is 42.4 Å². The maximum Gasteiger partial charge on any atom is 0.0499 e. The van der Waals surface area contributed by atoms with Gasteiger partial charge in [-0.3, -0.25) is 0 Å². The molecule has 1 aliphatic rings. The molecule has 2 heteroatoms. The fourth-order valence-electron chi connectivity index (χ4n) is 2.71. The third-order valence-corrected chi connectivity index (χ3v) is 3.78. The van der Waals surface area contributed by atoms with Crippen LogP contribution in [0.15, 0.2) is 18.2 Å². The van der Waals surface area contributed by atoms with E-state index in [2.05, 4.69) is 18.2 Å². The average molecular weight is 234 g/mol. The number of benzene rings is 1. The number of aliphatic hydroxyl groups is 2. The Morgan fingerprint density at radius 1 is 1.06 bits per heavy atom. The standard InChI is InChI=1S/C15H22O2/c16-9-3-6-15(11-17)14-8-7-12-4-1-2-5-13(12)10-14/h7-8,10,15-17H,1-6,9,11H2/t15-/m0/s1. The summed E-state index contributed by atoms with van der Waals surface area (Å²) < 4.78 is 0. The molecule has 0 fully saturated rings. The quantitative estimate of drug-likeness (QED) is 0.821. The molecule has 0 heterocycles. The lowest BCUT2D eigenvalue weighted by molar-refractivity contribution is 0.237. The van der Waals surface area contributed by atoms with Crippen molar-refractivity contribution in [3.63, 3.8) is 0 Å². The first-order chi connectivity index (χ1) is 8.35. The van der Waals surface area contributed by atoms with Gasteiger partial charge in [-0.05, 0) is 55.2 Å². The van der Waals surface area contributed by atoms with Gasteiger partial charge in [-0.2, -0.15) is 0 Å². The Morgan fingerprint density at radius 3 is 2.53 bits per heavy atom. The molecule has 2 N–H and O–H groups in total. The van der Waals surface area contributed by atoms with Crippen molar-refractivity contribution in [2.75, 3.05) is 13.2 Å². The van der Waals surface area contributed by atoms with E-state index in [1.807, 2.05) is 0 Å². The molecule has 0 amide bonds. The summed E-state index contributed by atoms with van der Waals surface area (Å²) in [5.41, 5.74) is 4.19. The van der Waals surface area contributed by atoms with Crippen molar-refractivity contribution < 1.29 is 10.2 Å². The number of aliphatic hydroxyl groups excluding tert-OH is 2. The Kier molecular flexibility index (Phi) is 4.57. The predicted octanol–water partition coefficient (Wildman–Crippen LogP) is 2.41. The smallest absolute Gasteiger partial charge is 0.0499 e. The summed E-state index contributed by atoms with van der Waals surface area (Å²) in [5, 5.41) is 18.3. The SMILES string of the molecule is OCCC[C@@H](CO)c1ccc2c(c1)CCCC2. The summed E-state index contributed by atoms with van der Waals surface area (Å²) >= 11 is 0.